The molecule has 1 nitrogen and oxygen atoms in total. The second-order valence-electron chi connectivity index (χ2n) is 4.92. The van der Waals surface area contributed by atoms with Gasteiger partial charge in [-0.1, -0.05) is 24.3 Å². The first-order valence-corrected chi connectivity index (χ1v) is 6.67. The molecule has 0 saturated carbocycles. The first-order valence-electron chi connectivity index (χ1n) is 6.67. The molecule has 0 saturated heterocycles. The Balaban J connectivity index is 2.38. The summed E-state index contributed by atoms with van der Waals surface area (Å²) in [7, 11) is 0. The van der Waals surface area contributed by atoms with Crippen molar-refractivity contribution in [3.05, 3.63) is 51.9 Å². The van der Waals surface area contributed by atoms with E-state index in [9.17, 15) is 0 Å². The maximum atomic E-state index is 3.90. The lowest BCUT2D eigenvalue weighted by molar-refractivity contribution is 0.989. The molecule has 1 aliphatic carbocycles. The lowest BCUT2D eigenvalue weighted by atomic mass is 9.93. The highest BCUT2D eigenvalue weighted by molar-refractivity contribution is 5.86. The van der Waals surface area contributed by atoms with E-state index in [4.69, 9.17) is 0 Å². The van der Waals surface area contributed by atoms with Crippen molar-refractivity contribution < 1.29 is 0 Å². The number of benzene rings is 2. The highest BCUT2D eigenvalue weighted by Gasteiger charge is 2.06. The largest absolute Gasteiger partial charge is 0.272 e. The van der Waals surface area contributed by atoms with Crippen molar-refractivity contribution >= 4 is 35.8 Å². The van der Waals surface area contributed by atoms with E-state index >= 15 is 0 Å². The highest BCUT2D eigenvalue weighted by atomic mass is 14.6. The third-order valence-corrected chi connectivity index (χ3v) is 3.72. The lowest BCUT2D eigenvalue weighted by Gasteiger charge is -2.12. The zero-order valence-corrected chi connectivity index (χ0v) is 11.2. The summed E-state index contributed by atoms with van der Waals surface area (Å²) >= 11 is 0. The van der Waals surface area contributed by atoms with Crippen LogP contribution in [0.1, 0.15) is 24.5 Å². The molecule has 0 aromatic heterocycles. The van der Waals surface area contributed by atoms with Gasteiger partial charge in [-0.05, 0) is 71.8 Å². The summed E-state index contributed by atoms with van der Waals surface area (Å²) in [4.78, 5) is 3.90. The van der Waals surface area contributed by atoms with E-state index in [0.29, 0.717) is 0 Å². The molecule has 0 radical (unpaired) electrons. The number of fused-ring (bicyclic) bond motifs is 2. The van der Waals surface area contributed by atoms with Gasteiger partial charge in [0.15, 0.2) is 0 Å². The number of hydrogen-bond donors (Lipinski definition) is 0. The molecule has 3 rings (SSSR count). The van der Waals surface area contributed by atoms with Crippen LogP contribution in [0.4, 0.5) is 0 Å². The van der Waals surface area contributed by atoms with Gasteiger partial charge in [0.05, 0.1) is 0 Å². The van der Waals surface area contributed by atoms with E-state index in [-0.39, 0.29) is 0 Å². The Kier molecular flexibility index (Phi) is 3.04. The zero-order chi connectivity index (χ0) is 13.2. The normalized spacial score (nSPS) is 15.8. The van der Waals surface area contributed by atoms with Gasteiger partial charge >= 0.3 is 0 Å². The Morgan fingerprint density at radius 3 is 2.68 bits per heavy atom. The van der Waals surface area contributed by atoms with E-state index in [2.05, 4.69) is 61.1 Å². The second kappa shape index (κ2) is 4.85. The minimum atomic E-state index is 1.14. The zero-order valence-electron chi connectivity index (χ0n) is 11.2. The topological polar surface area (TPSA) is 12.4 Å². The first kappa shape index (κ1) is 11.9. The van der Waals surface area contributed by atoms with Crippen LogP contribution in [0.3, 0.4) is 0 Å². The van der Waals surface area contributed by atoms with Crippen LogP contribution in [-0.2, 0) is 6.42 Å². The standard InChI is InChI=1S/C18H17N/c1-3-13-8-16-9-14-6-4-5-7-15(14)10-17(16)11-18(13)12-19-2/h3-4,6,8-12H,2,5,7H2,1H3/b13-3-,18-12-. The second-order valence-corrected chi connectivity index (χ2v) is 4.92. The molecule has 2 aromatic carbocycles. The van der Waals surface area contributed by atoms with E-state index in [1.807, 2.05) is 6.20 Å². The molecular weight excluding hydrogens is 230 g/mol. The molecular formula is C18H17N. The molecule has 0 aliphatic heterocycles. The molecule has 94 valence electrons. The van der Waals surface area contributed by atoms with Gasteiger partial charge in [0.2, 0.25) is 0 Å². The minimum absolute atomic E-state index is 1.14. The molecule has 1 heteroatoms. The Labute approximate surface area is 113 Å². The summed E-state index contributed by atoms with van der Waals surface area (Å²) in [5, 5.41) is 4.92. The Hall–Kier alpha value is -2.15. The SMILES string of the molecule is C=N/C=c1/cc2cc3c(cc2c/c1=C/C)C=CCC3. The third-order valence-electron chi connectivity index (χ3n) is 3.72. The molecule has 0 atom stereocenters. The van der Waals surface area contributed by atoms with Gasteiger partial charge in [-0.15, -0.1) is 0 Å². The van der Waals surface area contributed by atoms with Crippen molar-refractivity contribution in [3.8, 4) is 0 Å². The van der Waals surface area contributed by atoms with Crippen LogP contribution in [0.2, 0.25) is 0 Å². The third kappa shape index (κ3) is 2.12. The fourth-order valence-corrected chi connectivity index (χ4v) is 2.73. The molecule has 0 spiro atoms. The molecule has 0 fully saturated rings. The molecule has 2 aromatic rings. The number of rotatable bonds is 1. The summed E-state index contributed by atoms with van der Waals surface area (Å²) < 4.78 is 0. The highest BCUT2D eigenvalue weighted by Crippen LogP contribution is 2.24. The maximum absolute atomic E-state index is 3.90. The predicted molar refractivity (Wildman–Crippen MR) is 84.7 cm³/mol. The molecule has 0 N–H and O–H groups in total. The molecule has 0 unspecified atom stereocenters. The molecule has 1 aliphatic rings. The number of aryl methyl sites for hydroxylation is 1. The smallest absolute Gasteiger partial charge is 0.0339 e. The predicted octanol–water partition coefficient (Wildman–Crippen LogP) is 3.04. The van der Waals surface area contributed by atoms with Crippen molar-refractivity contribution in [2.75, 3.05) is 0 Å². The average molecular weight is 247 g/mol. The van der Waals surface area contributed by atoms with Crippen molar-refractivity contribution in [2.45, 2.75) is 19.8 Å². The van der Waals surface area contributed by atoms with Crippen molar-refractivity contribution in [1.82, 2.24) is 0 Å². The van der Waals surface area contributed by atoms with Gasteiger partial charge in [-0.25, -0.2) is 0 Å². The van der Waals surface area contributed by atoms with Gasteiger partial charge in [0.25, 0.3) is 0 Å². The minimum Gasteiger partial charge on any atom is -0.272 e. The number of nitrogens with zero attached hydrogens (tertiary/aromatic N) is 1. The Morgan fingerprint density at radius 1 is 1.11 bits per heavy atom. The van der Waals surface area contributed by atoms with Crippen LogP contribution >= 0.6 is 0 Å². The van der Waals surface area contributed by atoms with Crippen LogP contribution in [0.5, 0.6) is 0 Å². The fourth-order valence-electron chi connectivity index (χ4n) is 2.73. The molecule has 0 heterocycles. The van der Waals surface area contributed by atoms with Crippen LogP contribution in [0, 0.1) is 0 Å². The van der Waals surface area contributed by atoms with Gasteiger partial charge in [-0.3, -0.25) is 4.99 Å². The summed E-state index contributed by atoms with van der Waals surface area (Å²) in [6.45, 7) is 5.61. The quantitative estimate of drug-likeness (QED) is 0.687. The molecule has 0 amide bonds. The summed E-state index contributed by atoms with van der Waals surface area (Å²) in [5.41, 5.74) is 2.81. The van der Waals surface area contributed by atoms with E-state index in [1.165, 1.54) is 27.1 Å². The Morgan fingerprint density at radius 2 is 1.89 bits per heavy atom. The monoisotopic (exact) mass is 247 g/mol. The van der Waals surface area contributed by atoms with Crippen LogP contribution in [0.15, 0.2) is 35.3 Å². The first-order chi connectivity index (χ1) is 9.31. The van der Waals surface area contributed by atoms with Gasteiger partial charge in [-0.2, -0.15) is 0 Å². The Bertz CT molecular complexity index is 795. The van der Waals surface area contributed by atoms with Crippen LogP contribution < -0.4 is 10.4 Å². The summed E-state index contributed by atoms with van der Waals surface area (Å²) in [5.74, 6) is 0. The van der Waals surface area contributed by atoms with Crippen LogP contribution in [0.25, 0.3) is 29.1 Å². The molecule has 19 heavy (non-hydrogen) atoms. The van der Waals surface area contributed by atoms with E-state index in [0.717, 1.165) is 18.1 Å². The van der Waals surface area contributed by atoms with Gasteiger partial charge in [0, 0.05) is 11.4 Å². The van der Waals surface area contributed by atoms with Gasteiger partial charge < -0.3 is 0 Å². The number of hydrogen-bond acceptors (Lipinski definition) is 1. The number of aliphatic imine (C=N–C) groups is 1. The van der Waals surface area contributed by atoms with Crippen molar-refractivity contribution in [3.63, 3.8) is 0 Å². The van der Waals surface area contributed by atoms with E-state index < -0.39 is 0 Å². The van der Waals surface area contributed by atoms with Crippen molar-refractivity contribution in [2.24, 2.45) is 4.99 Å². The van der Waals surface area contributed by atoms with Gasteiger partial charge in [0.1, 0.15) is 0 Å². The summed E-state index contributed by atoms with van der Waals surface area (Å²) in [6, 6.07) is 9.04. The summed E-state index contributed by atoms with van der Waals surface area (Å²) in [6.07, 6.45) is 10.7. The average Bonchev–Trinajstić information content (AvgIpc) is 2.45. The van der Waals surface area contributed by atoms with Crippen LogP contribution in [-0.4, -0.2) is 6.72 Å². The lowest BCUT2D eigenvalue weighted by Crippen LogP contribution is -2.23. The fraction of sp³-hybridized carbons (Fsp3) is 0.167. The van der Waals surface area contributed by atoms with E-state index in [1.54, 1.807) is 0 Å². The molecule has 0 bridgehead atoms. The number of allylic oxidation sites excluding steroid dienone is 1. The van der Waals surface area contributed by atoms with Crippen molar-refractivity contribution in [1.29, 1.82) is 0 Å². The maximum Gasteiger partial charge on any atom is 0.0339 e.